The first kappa shape index (κ1) is 12.5. The molecule has 0 saturated heterocycles. The van der Waals surface area contributed by atoms with Crippen LogP contribution in [0.3, 0.4) is 0 Å². The molecule has 2 aromatic carbocycles. The number of rotatable bonds is 2. The summed E-state index contributed by atoms with van der Waals surface area (Å²) >= 11 is 0.843. The molecular formula is C13H6F3NS. The highest BCUT2D eigenvalue weighted by molar-refractivity contribution is 7.99. The van der Waals surface area contributed by atoms with Crippen molar-refractivity contribution < 1.29 is 13.2 Å². The third-order valence-corrected chi connectivity index (χ3v) is 3.26. The summed E-state index contributed by atoms with van der Waals surface area (Å²) in [4.78, 5) is 0.305. The molecule has 2 rings (SSSR count). The van der Waals surface area contributed by atoms with Gasteiger partial charge in [-0.15, -0.1) is 0 Å². The molecule has 0 unspecified atom stereocenters. The van der Waals surface area contributed by atoms with Gasteiger partial charge in [0.15, 0.2) is 0 Å². The Morgan fingerprint density at radius 2 is 1.50 bits per heavy atom. The van der Waals surface area contributed by atoms with E-state index in [-0.39, 0.29) is 10.5 Å². The highest BCUT2D eigenvalue weighted by Crippen LogP contribution is 2.32. The maximum atomic E-state index is 13.6. The molecular weight excluding hydrogens is 259 g/mol. The molecule has 0 fully saturated rings. The van der Waals surface area contributed by atoms with Gasteiger partial charge in [-0.1, -0.05) is 11.8 Å². The van der Waals surface area contributed by atoms with Gasteiger partial charge in [0.25, 0.3) is 0 Å². The Labute approximate surface area is 106 Å². The monoisotopic (exact) mass is 265 g/mol. The summed E-state index contributed by atoms with van der Waals surface area (Å²) in [6.45, 7) is 0. The molecule has 0 aliphatic rings. The molecule has 1 nitrogen and oxygen atoms in total. The maximum absolute atomic E-state index is 13.6. The van der Waals surface area contributed by atoms with E-state index in [9.17, 15) is 13.2 Å². The van der Waals surface area contributed by atoms with Crippen LogP contribution in [-0.4, -0.2) is 0 Å². The molecule has 0 heterocycles. The first-order chi connectivity index (χ1) is 8.60. The van der Waals surface area contributed by atoms with Crippen molar-refractivity contribution in [3.05, 3.63) is 59.4 Å². The Hall–Kier alpha value is -1.93. The maximum Gasteiger partial charge on any atom is 0.141 e. The van der Waals surface area contributed by atoms with Crippen LogP contribution in [0.15, 0.2) is 46.2 Å². The number of benzene rings is 2. The van der Waals surface area contributed by atoms with Crippen molar-refractivity contribution in [1.82, 2.24) is 0 Å². The van der Waals surface area contributed by atoms with Crippen molar-refractivity contribution in [2.24, 2.45) is 0 Å². The highest BCUT2D eigenvalue weighted by atomic mass is 32.2. The Kier molecular flexibility index (Phi) is 3.58. The molecule has 0 saturated carbocycles. The second kappa shape index (κ2) is 5.15. The highest BCUT2D eigenvalue weighted by Gasteiger charge is 2.12. The van der Waals surface area contributed by atoms with Crippen molar-refractivity contribution in [2.45, 2.75) is 9.79 Å². The smallest absolute Gasteiger partial charge is 0.141 e. The van der Waals surface area contributed by atoms with Crippen molar-refractivity contribution in [3.8, 4) is 6.07 Å². The summed E-state index contributed by atoms with van der Waals surface area (Å²) in [6.07, 6.45) is 0. The topological polar surface area (TPSA) is 23.8 Å². The van der Waals surface area contributed by atoms with Crippen LogP contribution in [-0.2, 0) is 0 Å². The summed E-state index contributed by atoms with van der Waals surface area (Å²) in [7, 11) is 0. The molecule has 0 aromatic heterocycles. The van der Waals surface area contributed by atoms with Crippen LogP contribution in [0, 0.1) is 28.8 Å². The average molecular weight is 265 g/mol. The summed E-state index contributed by atoms with van der Waals surface area (Å²) < 4.78 is 39.8. The summed E-state index contributed by atoms with van der Waals surface area (Å²) in [6, 6.07) is 8.88. The molecule has 0 aliphatic heterocycles. The Bertz CT molecular complexity index is 594. The van der Waals surface area contributed by atoms with E-state index in [1.807, 2.05) is 0 Å². The van der Waals surface area contributed by atoms with Crippen molar-refractivity contribution in [1.29, 1.82) is 5.26 Å². The van der Waals surface area contributed by atoms with Crippen molar-refractivity contribution >= 4 is 11.8 Å². The SMILES string of the molecule is N#Cc1cc(F)c(Sc2ccc(F)cc2)c(F)c1. The minimum atomic E-state index is -0.805. The first-order valence-corrected chi connectivity index (χ1v) is 5.74. The molecule has 5 heteroatoms. The minimum absolute atomic E-state index is 0.0755. The predicted octanol–water partition coefficient (Wildman–Crippen LogP) is 4.13. The zero-order chi connectivity index (χ0) is 13.1. The van der Waals surface area contributed by atoms with Crippen molar-refractivity contribution in [3.63, 3.8) is 0 Å². The van der Waals surface area contributed by atoms with Gasteiger partial charge in [0.2, 0.25) is 0 Å². The predicted molar refractivity (Wildman–Crippen MR) is 61.6 cm³/mol. The van der Waals surface area contributed by atoms with Gasteiger partial charge in [-0.2, -0.15) is 5.26 Å². The van der Waals surface area contributed by atoms with Crippen LogP contribution >= 0.6 is 11.8 Å². The molecule has 0 aliphatic carbocycles. The summed E-state index contributed by atoms with van der Waals surface area (Å²) in [5.74, 6) is -2.03. The van der Waals surface area contributed by atoms with Crippen LogP contribution < -0.4 is 0 Å². The fraction of sp³-hybridized carbons (Fsp3) is 0. The number of nitriles is 1. The lowest BCUT2D eigenvalue weighted by atomic mass is 10.2. The minimum Gasteiger partial charge on any atom is -0.207 e. The van der Waals surface area contributed by atoms with E-state index >= 15 is 0 Å². The second-order valence-electron chi connectivity index (χ2n) is 3.44. The first-order valence-electron chi connectivity index (χ1n) is 4.92. The molecule has 0 N–H and O–H groups in total. The Morgan fingerprint density at radius 1 is 0.944 bits per heavy atom. The summed E-state index contributed by atoms with van der Waals surface area (Å²) in [5.41, 5.74) is -0.0755. The van der Waals surface area contributed by atoms with E-state index in [0.717, 1.165) is 23.9 Å². The molecule has 0 amide bonds. The van der Waals surface area contributed by atoms with E-state index in [1.54, 1.807) is 6.07 Å². The van der Waals surface area contributed by atoms with Crippen LogP contribution in [0.2, 0.25) is 0 Å². The van der Waals surface area contributed by atoms with E-state index in [2.05, 4.69) is 0 Å². The lowest BCUT2D eigenvalue weighted by Crippen LogP contribution is -1.90. The van der Waals surface area contributed by atoms with Gasteiger partial charge < -0.3 is 0 Å². The summed E-state index contributed by atoms with van der Waals surface area (Å²) in [5, 5.41) is 8.57. The fourth-order valence-electron chi connectivity index (χ4n) is 1.34. The van der Waals surface area contributed by atoms with Crippen molar-refractivity contribution in [2.75, 3.05) is 0 Å². The Balaban J connectivity index is 2.35. The lowest BCUT2D eigenvalue weighted by Gasteiger charge is -2.05. The van der Waals surface area contributed by atoms with E-state index in [1.165, 1.54) is 24.3 Å². The molecule has 2 aromatic rings. The van der Waals surface area contributed by atoms with Gasteiger partial charge in [-0.05, 0) is 36.4 Å². The van der Waals surface area contributed by atoms with Gasteiger partial charge in [0.05, 0.1) is 16.5 Å². The third-order valence-electron chi connectivity index (χ3n) is 2.16. The van der Waals surface area contributed by atoms with Crippen LogP contribution in [0.4, 0.5) is 13.2 Å². The van der Waals surface area contributed by atoms with E-state index in [4.69, 9.17) is 5.26 Å². The second-order valence-corrected chi connectivity index (χ2v) is 4.52. The molecule has 90 valence electrons. The normalized spacial score (nSPS) is 10.1. The van der Waals surface area contributed by atoms with E-state index in [0.29, 0.717) is 4.90 Å². The largest absolute Gasteiger partial charge is 0.207 e. The van der Waals surface area contributed by atoms with Crippen LogP contribution in [0.5, 0.6) is 0 Å². The van der Waals surface area contributed by atoms with Crippen LogP contribution in [0.1, 0.15) is 5.56 Å². The quantitative estimate of drug-likeness (QED) is 0.815. The molecule has 0 radical (unpaired) electrons. The average Bonchev–Trinajstić information content (AvgIpc) is 2.35. The van der Waals surface area contributed by atoms with E-state index < -0.39 is 17.5 Å². The molecule has 0 atom stereocenters. The zero-order valence-electron chi connectivity index (χ0n) is 8.95. The zero-order valence-corrected chi connectivity index (χ0v) is 9.77. The molecule has 0 spiro atoms. The number of halogens is 3. The van der Waals surface area contributed by atoms with Gasteiger partial charge in [0.1, 0.15) is 17.5 Å². The Morgan fingerprint density at radius 3 is 2.00 bits per heavy atom. The number of nitrogens with zero attached hydrogens (tertiary/aromatic N) is 1. The third kappa shape index (κ3) is 2.66. The molecule has 0 bridgehead atoms. The standard InChI is InChI=1S/C13H6F3NS/c14-9-1-3-10(4-2-9)18-13-11(15)5-8(7-17)6-12(13)16/h1-6H. The number of hydrogen-bond acceptors (Lipinski definition) is 2. The van der Waals surface area contributed by atoms with Gasteiger partial charge in [-0.25, -0.2) is 13.2 Å². The van der Waals surface area contributed by atoms with Gasteiger partial charge in [-0.3, -0.25) is 0 Å². The number of hydrogen-bond donors (Lipinski definition) is 0. The molecule has 18 heavy (non-hydrogen) atoms. The van der Waals surface area contributed by atoms with Gasteiger partial charge >= 0.3 is 0 Å². The lowest BCUT2D eigenvalue weighted by molar-refractivity contribution is 0.540. The fourth-order valence-corrected chi connectivity index (χ4v) is 2.16. The van der Waals surface area contributed by atoms with Crippen LogP contribution in [0.25, 0.3) is 0 Å². The van der Waals surface area contributed by atoms with Gasteiger partial charge in [0, 0.05) is 4.90 Å².